The van der Waals surface area contributed by atoms with Crippen molar-refractivity contribution in [1.29, 1.82) is 0 Å². The van der Waals surface area contributed by atoms with E-state index in [4.69, 9.17) is 4.74 Å². The number of nitrogens with zero attached hydrogens (tertiary/aromatic N) is 1. The Hall–Kier alpha value is -2.82. The molecule has 0 radical (unpaired) electrons. The topological polar surface area (TPSA) is 58.6 Å². The van der Waals surface area contributed by atoms with Gasteiger partial charge in [0.2, 0.25) is 5.91 Å². The molecule has 2 amide bonds. The molecule has 0 saturated heterocycles. The highest BCUT2D eigenvalue weighted by molar-refractivity contribution is 6.06. The Labute approximate surface area is 173 Å². The second-order valence-corrected chi connectivity index (χ2v) is 8.25. The van der Waals surface area contributed by atoms with Crippen molar-refractivity contribution in [2.24, 2.45) is 5.92 Å². The first-order valence-electron chi connectivity index (χ1n) is 10.2. The van der Waals surface area contributed by atoms with Gasteiger partial charge in [0.05, 0.1) is 18.8 Å². The molecule has 0 spiro atoms. The number of anilines is 1. The summed E-state index contributed by atoms with van der Waals surface area (Å²) in [4.78, 5) is 26.6. The Morgan fingerprint density at radius 1 is 1.17 bits per heavy atom. The van der Waals surface area contributed by atoms with Gasteiger partial charge in [-0.25, -0.2) is 0 Å². The Morgan fingerprint density at radius 2 is 1.86 bits per heavy atom. The monoisotopic (exact) mass is 394 g/mol. The van der Waals surface area contributed by atoms with Crippen molar-refractivity contribution in [3.8, 4) is 5.75 Å². The lowest BCUT2D eigenvalue weighted by molar-refractivity contribution is -0.126. The highest BCUT2D eigenvalue weighted by Gasteiger charge is 2.38. The van der Waals surface area contributed by atoms with E-state index in [9.17, 15) is 9.59 Å². The third kappa shape index (κ3) is 4.78. The van der Waals surface area contributed by atoms with Gasteiger partial charge in [-0.15, -0.1) is 0 Å². The molecule has 5 nitrogen and oxygen atoms in total. The van der Waals surface area contributed by atoms with Gasteiger partial charge in [-0.1, -0.05) is 43.7 Å². The standard InChI is InChI=1S/C24H30N2O3/c1-15(2)10-11-29-20-8-6-19(7-9-20)14-26-23-17(4)12-16(3)13-21(23)22(24(26)28)25-18(5)27/h6-9,12-13,15,22H,10-11,14H2,1-5H3,(H,25,27)/t22-/m0/s1. The molecule has 0 bridgehead atoms. The third-order valence-electron chi connectivity index (χ3n) is 5.14. The number of aryl methyl sites for hydroxylation is 2. The Balaban J connectivity index is 1.80. The molecule has 1 atom stereocenters. The van der Waals surface area contributed by atoms with Crippen LogP contribution in [0.5, 0.6) is 5.75 Å². The van der Waals surface area contributed by atoms with Gasteiger partial charge in [-0.2, -0.15) is 0 Å². The zero-order valence-corrected chi connectivity index (χ0v) is 17.9. The SMILES string of the molecule is CC(=O)N[C@@H]1C(=O)N(Cc2ccc(OCCC(C)C)cc2)c2c(C)cc(C)cc21. The van der Waals surface area contributed by atoms with Crippen molar-refractivity contribution in [1.82, 2.24) is 5.32 Å². The zero-order valence-electron chi connectivity index (χ0n) is 17.9. The lowest BCUT2D eigenvalue weighted by Gasteiger charge is -2.20. The van der Waals surface area contributed by atoms with Gasteiger partial charge in [0.15, 0.2) is 0 Å². The molecule has 1 aliphatic rings. The van der Waals surface area contributed by atoms with Crippen LogP contribution in [0.3, 0.4) is 0 Å². The fraction of sp³-hybridized carbons (Fsp3) is 0.417. The maximum atomic E-state index is 13.1. The number of fused-ring (bicyclic) bond motifs is 1. The summed E-state index contributed by atoms with van der Waals surface area (Å²) in [6.45, 7) is 11.0. The minimum atomic E-state index is -0.625. The van der Waals surface area contributed by atoms with Gasteiger partial charge in [-0.05, 0) is 49.4 Å². The van der Waals surface area contributed by atoms with Crippen LogP contribution in [-0.2, 0) is 16.1 Å². The predicted octanol–water partition coefficient (Wildman–Crippen LogP) is 4.45. The molecule has 154 valence electrons. The summed E-state index contributed by atoms with van der Waals surface area (Å²) in [6.07, 6.45) is 1.02. The Kier molecular flexibility index (Phi) is 6.26. The molecule has 5 heteroatoms. The quantitative estimate of drug-likeness (QED) is 0.755. The first kappa shape index (κ1) is 20.9. The third-order valence-corrected chi connectivity index (χ3v) is 5.14. The second-order valence-electron chi connectivity index (χ2n) is 8.25. The molecule has 0 unspecified atom stereocenters. The van der Waals surface area contributed by atoms with Crippen molar-refractivity contribution < 1.29 is 14.3 Å². The average Bonchev–Trinajstić information content (AvgIpc) is 2.88. The number of benzene rings is 2. The summed E-state index contributed by atoms with van der Waals surface area (Å²) in [6, 6.07) is 11.3. The van der Waals surface area contributed by atoms with E-state index in [0.717, 1.165) is 40.1 Å². The molecular formula is C24H30N2O3. The van der Waals surface area contributed by atoms with E-state index < -0.39 is 6.04 Å². The molecule has 1 heterocycles. The molecule has 2 aromatic carbocycles. The predicted molar refractivity (Wildman–Crippen MR) is 115 cm³/mol. The molecule has 1 N–H and O–H groups in total. The van der Waals surface area contributed by atoms with Crippen molar-refractivity contribution in [2.75, 3.05) is 11.5 Å². The minimum Gasteiger partial charge on any atom is -0.494 e. The highest BCUT2D eigenvalue weighted by Crippen LogP contribution is 2.40. The first-order chi connectivity index (χ1) is 13.8. The number of nitrogens with one attached hydrogen (secondary N) is 1. The number of ether oxygens (including phenoxy) is 1. The van der Waals surface area contributed by atoms with Crippen LogP contribution < -0.4 is 15.0 Å². The fourth-order valence-corrected chi connectivity index (χ4v) is 3.77. The van der Waals surface area contributed by atoms with Gasteiger partial charge in [0.1, 0.15) is 11.8 Å². The molecular weight excluding hydrogens is 364 g/mol. The van der Waals surface area contributed by atoms with Gasteiger partial charge >= 0.3 is 0 Å². The number of carbonyl (C=O) groups is 2. The molecule has 1 aliphatic heterocycles. The molecule has 0 aliphatic carbocycles. The molecule has 2 aromatic rings. The number of rotatable bonds is 7. The maximum absolute atomic E-state index is 13.1. The van der Waals surface area contributed by atoms with Gasteiger partial charge in [0.25, 0.3) is 5.91 Å². The summed E-state index contributed by atoms with van der Waals surface area (Å²) in [5.74, 6) is 1.14. The van der Waals surface area contributed by atoms with Crippen LogP contribution in [0.2, 0.25) is 0 Å². The molecule has 3 rings (SSSR count). The normalized spacial score (nSPS) is 15.6. The Bertz CT molecular complexity index is 903. The van der Waals surface area contributed by atoms with Gasteiger partial charge < -0.3 is 15.0 Å². The summed E-state index contributed by atoms with van der Waals surface area (Å²) >= 11 is 0. The van der Waals surface area contributed by atoms with E-state index in [1.807, 2.05) is 44.2 Å². The van der Waals surface area contributed by atoms with Gasteiger partial charge in [-0.3, -0.25) is 9.59 Å². The lowest BCUT2D eigenvalue weighted by Crippen LogP contribution is -2.36. The Morgan fingerprint density at radius 3 is 2.48 bits per heavy atom. The molecule has 0 fully saturated rings. The second kappa shape index (κ2) is 8.68. The first-order valence-corrected chi connectivity index (χ1v) is 10.2. The lowest BCUT2D eigenvalue weighted by atomic mass is 10.0. The van der Waals surface area contributed by atoms with E-state index >= 15 is 0 Å². The summed E-state index contributed by atoms with van der Waals surface area (Å²) in [5.41, 5.74) is 4.90. The van der Waals surface area contributed by atoms with Crippen molar-refractivity contribution in [2.45, 2.75) is 53.6 Å². The summed E-state index contributed by atoms with van der Waals surface area (Å²) in [5, 5.41) is 2.81. The largest absolute Gasteiger partial charge is 0.494 e. The summed E-state index contributed by atoms with van der Waals surface area (Å²) in [7, 11) is 0. The molecule has 29 heavy (non-hydrogen) atoms. The number of amides is 2. The minimum absolute atomic E-state index is 0.0961. The van der Waals surface area contributed by atoms with Crippen LogP contribution >= 0.6 is 0 Å². The summed E-state index contributed by atoms with van der Waals surface area (Å²) < 4.78 is 5.78. The van der Waals surface area contributed by atoms with Crippen molar-refractivity contribution in [3.63, 3.8) is 0 Å². The average molecular weight is 395 g/mol. The van der Waals surface area contributed by atoms with Crippen LogP contribution in [0.1, 0.15) is 55.5 Å². The maximum Gasteiger partial charge on any atom is 0.254 e. The zero-order chi connectivity index (χ0) is 21.1. The smallest absolute Gasteiger partial charge is 0.254 e. The molecule has 0 aromatic heterocycles. The highest BCUT2D eigenvalue weighted by atomic mass is 16.5. The number of carbonyl (C=O) groups excluding carboxylic acids is 2. The van der Waals surface area contributed by atoms with Crippen molar-refractivity contribution in [3.05, 3.63) is 58.7 Å². The van der Waals surface area contributed by atoms with Crippen LogP contribution in [0.15, 0.2) is 36.4 Å². The van der Waals surface area contributed by atoms with E-state index in [1.165, 1.54) is 6.92 Å². The molecule has 0 saturated carbocycles. The van der Waals surface area contributed by atoms with Crippen LogP contribution in [0, 0.1) is 19.8 Å². The van der Waals surface area contributed by atoms with Crippen LogP contribution in [-0.4, -0.2) is 18.4 Å². The number of hydrogen-bond acceptors (Lipinski definition) is 3. The van der Waals surface area contributed by atoms with Crippen LogP contribution in [0.25, 0.3) is 0 Å². The van der Waals surface area contributed by atoms with Crippen molar-refractivity contribution >= 4 is 17.5 Å². The van der Waals surface area contributed by atoms with E-state index in [0.29, 0.717) is 19.1 Å². The fourth-order valence-electron chi connectivity index (χ4n) is 3.77. The van der Waals surface area contributed by atoms with E-state index in [1.54, 1.807) is 4.90 Å². The van der Waals surface area contributed by atoms with E-state index in [2.05, 4.69) is 25.2 Å². The number of hydrogen-bond donors (Lipinski definition) is 1. The van der Waals surface area contributed by atoms with Gasteiger partial charge in [0, 0.05) is 12.5 Å². The van der Waals surface area contributed by atoms with E-state index in [-0.39, 0.29) is 11.8 Å². The van der Waals surface area contributed by atoms with Crippen LogP contribution in [0.4, 0.5) is 5.69 Å².